The molecule has 8 heteroatoms. The Morgan fingerprint density at radius 2 is 2.00 bits per heavy atom. The van der Waals surface area contributed by atoms with Crippen molar-refractivity contribution < 1.29 is 27.1 Å². The number of rotatable bonds is 4. The van der Waals surface area contributed by atoms with Crippen molar-refractivity contribution in [3.63, 3.8) is 0 Å². The van der Waals surface area contributed by atoms with Gasteiger partial charge < -0.3 is 10.5 Å². The van der Waals surface area contributed by atoms with Crippen molar-refractivity contribution in [1.82, 2.24) is 0 Å². The van der Waals surface area contributed by atoms with Gasteiger partial charge in [-0.05, 0) is 24.6 Å². The minimum Gasteiger partial charge on any atom is -0.466 e. The third-order valence-electron chi connectivity index (χ3n) is 2.41. The molecule has 0 aliphatic heterocycles. The van der Waals surface area contributed by atoms with Crippen LogP contribution < -0.4 is 5.73 Å². The summed E-state index contributed by atoms with van der Waals surface area (Å²) in [6.07, 6.45) is -5.13. The molecule has 1 aromatic carbocycles. The van der Waals surface area contributed by atoms with E-state index >= 15 is 0 Å². The Bertz CT molecular complexity index is 465. The number of hydrogen-bond acceptors (Lipinski definition) is 3. The quantitative estimate of drug-likeness (QED) is 0.685. The molecule has 0 saturated heterocycles. The molecule has 0 radical (unpaired) electrons. The Hall–Kier alpha value is -1.34. The number of benzene rings is 1. The highest BCUT2D eigenvalue weighted by Crippen LogP contribution is 2.35. The summed E-state index contributed by atoms with van der Waals surface area (Å²) in [4.78, 5) is 11.2. The SMILES string of the molecule is CCOC(=O)C[C@@H](N)c1ccc(F)cc1C(F)(F)F.Cl. The predicted molar refractivity (Wildman–Crippen MR) is 66.8 cm³/mol. The molecule has 114 valence electrons. The van der Waals surface area contributed by atoms with Crippen LogP contribution in [0.25, 0.3) is 0 Å². The first-order valence-corrected chi connectivity index (χ1v) is 5.53. The third-order valence-corrected chi connectivity index (χ3v) is 2.41. The molecule has 1 atom stereocenters. The highest BCUT2D eigenvalue weighted by atomic mass is 35.5. The second kappa shape index (κ2) is 7.44. The lowest BCUT2D eigenvalue weighted by Gasteiger charge is -2.17. The Morgan fingerprint density at radius 3 is 2.50 bits per heavy atom. The fourth-order valence-electron chi connectivity index (χ4n) is 1.61. The number of alkyl halides is 3. The van der Waals surface area contributed by atoms with E-state index in [4.69, 9.17) is 5.73 Å². The van der Waals surface area contributed by atoms with Crippen LogP contribution >= 0.6 is 12.4 Å². The van der Waals surface area contributed by atoms with E-state index in [1.54, 1.807) is 6.92 Å². The second-order valence-electron chi connectivity index (χ2n) is 3.84. The van der Waals surface area contributed by atoms with Crippen LogP contribution in [0.1, 0.15) is 30.5 Å². The molecule has 1 rings (SSSR count). The normalized spacial score (nSPS) is 12.5. The van der Waals surface area contributed by atoms with Crippen molar-refractivity contribution in [2.75, 3.05) is 6.61 Å². The van der Waals surface area contributed by atoms with Gasteiger partial charge in [0.05, 0.1) is 18.6 Å². The molecule has 0 spiro atoms. The van der Waals surface area contributed by atoms with Gasteiger partial charge in [-0.15, -0.1) is 12.4 Å². The number of esters is 1. The predicted octanol–water partition coefficient (Wildman–Crippen LogP) is 3.22. The van der Waals surface area contributed by atoms with Crippen LogP contribution in [-0.2, 0) is 15.7 Å². The van der Waals surface area contributed by atoms with E-state index in [0.717, 1.165) is 12.1 Å². The van der Waals surface area contributed by atoms with Crippen molar-refractivity contribution in [2.24, 2.45) is 5.73 Å². The van der Waals surface area contributed by atoms with Gasteiger partial charge >= 0.3 is 12.1 Å². The van der Waals surface area contributed by atoms with Crippen molar-refractivity contribution in [2.45, 2.75) is 25.6 Å². The standard InChI is InChI=1S/C12H13F4NO2.ClH/c1-2-19-11(18)6-10(17)8-4-3-7(13)5-9(8)12(14,15)16;/h3-5,10H,2,6,17H2,1H3;1H/t10-;/m1./s1. The number of carbonyl (C=O) groups excluding carboxylic acids is 1. The van der Waals surface area contributed by atoms with Crippen molar-refractivity contribution in [3.05, 3.63) is 35.1 Å². The fraction of sp³-hybridized carbons (Fsp3) is 0.417. The van der Waals surface area contributed by atoms with Gasteiger partial charge in [0.1, 0.15) is 5.82 Å². The highest BCUT2D eigenvalue weighted by molar-refractivity contribution is 5.85. The maximum atomic E-state index is 12.9. The van der Waals surface area contributed by atoms with Crippen LogP contribution in [0, 0.1) is 5.82 Å². The first-order valence-electron chi connectivity index (χ1n) is 5.53. The van der Waals surface area contributed by atoms with Crippen LogP contribution in [0.5, 0.6) is 0 Å². The summed E-state index contributed by atoms with van der Waals surface area (Å²) in [5.41, 5.74) is 4.04. The molecule has 0 saturated carbocycles. The number of hydrogen-bond donors (Lipinski definition) is 1. The lowest BCUT2D eigenvalue weighted by molar-refractivity contribution is -0.144. The Labute approximate surface area is 119 Å². The van der Waals surface area contributed by atoms with Gasteiger partial charge in [-0.25, -0.2) is 4.39 Å². The Balaban J connectivity index is 0.00000361. The summed E-state index contributed by atoms with van der Waals surface area (Å²) in [7, 11) is 0. The van der Waals surface area contributed by atoms with Gasteiger partial charge in [0.2, 0.25) is 0 Å². The van der Waals surface area contributed by atoms with E-state index in [2.05, 4.69) is 4.74 Å². The summed E-state index contributed by atoms with van der Waals surface area (Å²) in [5, 5.41) is 0. The molecule has 0 bridgehead atoms. The van der Waals surface area contributed by atoms with Crippen LogP contribution in [0.15, 0.2) is 18.2 Å². The van der Waals surface area contributed by atoms with E-state index in [1.807, 2.05) is 0 Å². The lowest BCUT2D eigenvalue weighted by atomic mass is 9.98. The first-order chi connectivity index (χ1) is 8.75. The molecule has 0 aliphatic carbocycles. The number of ether oxygens (including phenoxy) is 1. The monoisotopic (exact) mass is 315 g/mol. The number of nitrogens with two attached hydrogens (primary N) is 1. The summed E-state index contributed by atoms with van der Waals surface area (Å²) < 4.78 is 55.7. The van der Waals surface area contributed by atoms with E-state index in [1.165, 1.54) is 0 Å². The zero-order valence-electron chi connectivity index (χ0n) is 10.5. The van der Waals surface area contributed by atoms with Crippen LogP contribution in [0.4, 0.5) is 17.6 Å². The maximum absolute atomic E-state index is 12.9. The summed E-state index contributed by atoms with van der Waals surface area (Å²) in [6, 6.07) is 0.967. The molecule has 0 aromatic heterocycles. The first kappa shape index (κ1) is 18.7. The second-order valence-corrected chi connectivity index (χ2v) is 3.84. The smallest absolute Gasteiger partial charge is 0.416 e. The third kappa shape index (κ3) is 4.97. The Morgan fingerprint density at radius 1 is 1.40 bits per heavy atom. The maximum Gasteiger partial charge on any atom is 0.416 e. The van der Waals surface area contributed by atoms with E-state index in [-0.39, 0.29) is 24.6 Å². The largest absolute Gasteiger partial charge is 0.466 e. The van der Waals surface area contributed by atoms with E-state index < -0.39 is 36.0 Å². The molecular weight excluding hydrogens is 302 g/mol. The molecule has 0 fully saturated rings. The molecule has 0 heterocycles. The molecule has 20 heavy (non-hydrogen) atoms. The average molecular weight is 316 g/mol. The summed E-state index contributed by atoms with van der Waals surface area (Å²) in [5.74, 6) is -1.72. The van der Waals surface area contributed by atoms with Gasteiger partial charge in [0, 0.05) is 6.04 Å². The molecule has 0 amide bonds. The molecular formula is C12H14ClF4NO2. The fourth-order valence-corrected chi connectivity index (χ4v) is 1.61. The van der Waals surface area contributed by atoms with Crippen molar-refractivity contribution in [3.8, 4) is 0 Å². The molecule has 3 nitrogen and oxygen atoms in total. The molecule has 1 aromatic rings. The lowest BCUT2D eigenvalue weighted by Crippen LogP contribution is -2.21. The summed E-state index contributed by atoms with van der Waals surface area (Å²) >= 11 is 0. The highest BCUT2D eigenvalue weighted by Gasteiger charge is 2.35. The van der Waals surface area contributed by atoms with E-state index in [0.29, 0.717) is 6.07 Å². The van der Waals surface area contributed by atoms with Crippen molar-refractivity contribution in [1.29, 1.82) is 0 Å². The van der Waals surface area contributed by atoms with Crippen LogP contribution in [0.3, 0.4) is 0 Å². The molecule has 0 unspecified atom stereocenters. The van der Waals surface area contributed by atoms with Crippen molar-refractivity contribution >= 4 is 18.4 Å². The zero-order valence-corrected chi connectivity index (χ0v) is 11.4. The number of halogens is 5. The zero-order chi connectivity index (χ0) is 14.6. The van der Waals surface area contributed by atoms with Gasteiger partial charge in [0.15, 0.2) is 0 Å². The van der Waals surface area contributed by atoms with Gasteiger partial charge in [-0.1, -0.05) is 6.07 Å². The molecule has 2 N–H and O–H groups in total. The van der Waals surface area contributed by atoms with Crippen LogP contribution in [-0.4, -0.2) is 12.6 Å². The number of carbonyl (C=O) groups is 1. The topological polar surface area (TPSA) is 52.3 Å². The van der Waals surface area contributed by atoms with E-state index in [9.17, 15) is 22.4 Å². The van der Waals surface area contributed by atoms with Gasteiger partial charge in [-0.3, -0.25) is 4.79 Å². The average Bonchev–Trinajstić information content (AvgIpc) is 2.27. The minimum atomic E-state index is -4.73. The summed E-state index contributed by atoms with van der Waals surface area (Å²) in [6.45, 7) is 1.68. The van der Waals surface area contributed by atoms with Gasteiger partial charge in [0.25, 0.3) is 0 Å². The Kier molecular flexibility index (Phi) is 6.95. The van der Waals surface area contributed by atoms with Crippen LogP contribution in [0.2, 0.25) is 0 Å². The minimum absolute atomic E-state index is 0. The molecule has 0 aliphatic rings. The van der Waals surface area contributed by atoms with Gasteiger partial charge in [-0.2, -0.15) is 13.2 Å².